The number of thiocarbonyl (C=S) groups is 1. The Kier molecular flexibility index (Phi) is 3.66. The lowest BCUT2D eigenvalue weighted by Gasteiger charge is -2.25. The van der Waals surface area contributed by atoms with E-state index in [0.29, 0.717) is 11.7 Å². The number of hydrogen-bond acceptors (Lipinski definition) is 4. The SMILES string of the molecule is OCCN1C(=S)N[C@H](c2ccccn2)[C@H]1c1ccco1. The second-order valence-corrected chi connectivity index (χ2v) is 4.95. The van der Waals surface area contributed by atoms with Crippen LogP contribution >= 0.6 is 12.2 Å². The van der Waals surface area contributed by atoms with Gasteiger partial charge >= 0.3 is 0 Å². The molecule has 2 aromatic rings. The minimum atomic E-state index is -0.0976. The molecule has 2 atom stereocenters. The normalized spacial score (nSPS) is 22.1. The van der Waals surface area contributed by atoms with E-state index in [0.717, 1.165) is 11.5 Å². The van der Waals surface area contributed by atoms with Gasteiger partial charge in [-0.05, 0) is 36.5 Å². The van der Waals surface area contributed by atoms with Gasteiger partial charge in [0.05, 0.1) is 24.6 Å². The second-order valence-electron chi connectivity index (χ2n) is 4.56. The molecule has 2 aromatic heterocycles. The van der Waals surface area contributed by atoms with Gasteiger partial charge in [0.1, 0.15) is 11.8 Å². The van der Waals surface area contributed by atoms with Crippen LogP contribution < -0.4 is 5.32 Å². The predicted molar refractivity (Wildman–Crippen MR) is 78.0 cm³/mol. The molecule has 0 radical (unpaired) electrons. The van der Waals surface area contributed by atoms with Crippen molar-refractivity contribution in [1.29, 1.82) is 0 Å². The van der Waals surface area contributed by atoms with Crippen LogP contribution in [-0.2, 0) is 0 Å². The molecule has 6 heteroatoms. The van der Waals surface area contributed by atoms with Crippen LogP contribution in [0.1, 0.15) is 23.5 Å². The highest BCUT2D eigenvalue weighted by molar-refractivity contribution is 7.80. The number of nitrogens with zero attached hydrogens (tertiary/aromatic N) is 2. The van der Waals surface area contributed by atoms with Crippen molar-refractivity contribution in [2.75, 3.05) is 13.2 Å². The minimum Gasteiger partial charge on any atom is -0.467 e. The van der Waals surface area contributed by atoms with E-state index in [1.54, 1.807) is 12.5 Å². The molecule has 1 aliphatic heterocycles. The van der Waals surface area contributed by atoms with E-state index >= 15 is 0 Å². The van der Waals surface area contributed by atoms with Crippen molar-refractivity contribution in [3.05, 3.63) is 54.2 Å². The first-order valence-corrected chi connectivity index (χ1v) is 6.84. The first kappa shape index (κ1) is 13.1. The van der Waals surface area contributed by atoms with Gasteiger partial charge in [0, 0.05) is 12.7 Å². The summed E-state index contributed by atoms with van der Waals surface area (Å²) in [4.78, 5) is 6.33. The molecule has 2 N–H and O–H groups in total. The average molecular weight is 289 g/mol. The molecule has 1 saturated heterocycles. The monoisotopic (exact) mass is 289 g/mol. The van der Waals surface area contributed by atoms with Crippen LogP contribution in [0.3, 0.4) is 0 Å². The van der Waals surface area contributed by atoms with Crippen LogP contribution in [0.2, 0.25) is 0 Å². The number of β-amino-alcohol motifs (C(OH)–C–C–N with tert-alkyl or cyclic N) is 1. The summed E-state index contributed by atoms with van der Waals surface area (Å²) in [6, 6.07) is 9.37. The Morgan fingerprint density at radius 1 is 1.35 bits per heavy atom. The lowest BCUT2D eigenvalue weighted by Crippen LogP contribution is -2.32. The number of aromatic nitrogens is 1. The molecule has 0 aromatic carbocycles. The molecule has 1 aliphatic rings. The Morgan fingerprint density at radius 2 is 2.25 bits per heavy atom. The van der Waals surface area contributed by atoms with Crippen LogP contribution in [0, 0.1) is 0 Å². The Bertz CT molecular complexity index is 573. The minimum absolute atomic E-state index is 0.0357. The van der Waals surface area contributed by atoms with Gasteiger partial charge in [0.2, 0.25) is 0 Å². The fraction of sp³-hybridized carbons (Fsp3) is 0.286. The second kappa shape index (κ2) is 5.60. The van der Waals surface area contributed by atoms with Crippen molar-refractivity contribution < 1.29 is 9.52 Å². The van der Waals surface area contributed by atoms with Crippen molar-refractivity contribution in [1.82, 2.24) is 15.2 Å². The van der Waals surface area contributed by atoms with Gasteiger partial charge in [-0.2, -0.15) is 0 Å². The maximum atomic E-state index is 9.24. The number of hydrogen-bond donors (Lipinski definition) is 2. The van der Waals surface area contributed by atoms with Crippen LogP contribution in [0.25, 0.3) is 0 Å². The van der Waals surface area contributed by atoms with E-state index in [9.17, 15) is 5.11 Å². The molecule has 0 unspecified atom stereocenters. The quantitative estimate of drug-likeness (QED) is 0.834. The maximum absolute atomic E-state index is 9.24. The summed E-state index contributed by atoms with van der Waals surface area (Å²) in [7, 11) is 0. The third-order valence-corrected chi connectivity index (χ3v) is 3.73. The molecule has 0 spiro atoms. The number of aliphatic hydroxyl groups excluding tert-OH is 1. The molecular formula is C14H15N3O2S. The highest BCUT2D eigenvalue weighted by atomic mass is 32.1. The highest BCUT2D eigenvalue weighted by Gasteiger charge is 2.40. The van der Waals surface area contributed by atoms with Crippen LogP contribution in [0.4, 0.5) is 0 Å². The zero-order valence-corrected chi connectivity index (χ0v) is 11.6. The van der Waals surface area contributed by atoms with E-state index in [-0.39, 0.29) is 18.7 Å². The van der Waals surface area contributed by atoms with Gasteiger partial charge in [0.15, 0.2) is 5.11 Å². The molecule has 3 heterocycles. The first-order chi connectivity index (χ1) is 9.81. The van der Waals surface area contributed by atoms with Gasteiger partial charge in [-0.25, -0.2) is 0 Å². The van der Waals surface area contributed by atoms with E-state index in [4.69, 9.17) is 16.6 Å². The third-order valence-electron chi connectivity index (χ3n) is 3.37. The van der Waals surface area contributed by atoms with Gasteiger partial charge in [-0.15, -0.1) is 0 Å². The Balaban J connectivity index is 1.99. The summed E-state index contributed by atoms with van der Waals surface area (Å²) in [5, 5.41) is 13.1. The third kappa shape index (κ3) is 2.28. The summed E-state index contributed by atoms with van der Waals surface area (Å²) >= 11 is 5.37. The summed E-state index contributed by atoms with van der Waals surface area (Å²) in [6.07, 6.45) is 3.40. The highest BCUT2D eigenvalue weighted by Crippen LogP contribution is 2.38. The Labute approximate surface area is 122 Å². The van der Waals surface area contributed by atoms with Crippen molar-refractivity contribution >= 4 is 17.3 Å². The molecule has 0 saturated carbocycles. The molecule has 5 nitrogen and oxygen atoms in total. The van der Waals surface area contributed by atoms with Gasteiger partial charge < -0.3 is 19.7 Å². The van der Waals surface area contributed by atoms with E-state index in [2.05, 4.69) is 10.3 Å². The summed E-state index contributed by atoms with van der Waals surface area (Å²) in [6.45, 7) is 0.495. The molecule has 0 aliphatic carbocycles. The number of aliphatic hydroxyl groups is 1. The number of pyridine rings is 1. The lowest BCUT2D eigenvalue weighted by molar-refractivity contribution is 0.208. The summed E-state index contributed by atoms with van der Waals surface area (Å²) < 4.78 is 5.54. The fourth-order valence-electron chi connectivity index (χ4n) is 2.52. The zero-order valence-electron chi connectivity index (χ0n) is 10.8. The van der Waals surface area contributed by atoms with Crippen molar-refractivity contribution in [3.8, 4) is 0 Å². The van der Waals surface area contributed by atoms with E-state index in [1.165, 1.54) is 0 Å². The van der Waals surface area contributed by atoms with Crippen molar-refractivity contribution in [3.63, 3.8) is 0 Å². The van der Waals surface area contributed by atoms with E-state index in [1.807, 2.05) is 35.2 Å². The number of rotatable bonds is 4. The van der Waals surface area contributed by atoms with Crippen molar-refractivity contribution in [2.24, 2.45) is 0 Å². The smallest absolute Gasteiger partial charge is 0.170 e. The lowest BCUT2D eigenvalue weighted by atomic mass is 10.0. The maximum Gasteiger partial charge on any atom is 0.170 e. The largest absolute Gasteiger partial charge is 0.467 e. The van der Waals surface area contributed by atoms with Gasteiger partial charge in [-0.1, -0.05) is 6.07 Å². The number of nitrogens with one attached hydrogen (secondary N) is 1. The van der Waals surface area contributed by atoms with E-state index < -0.39 is 0 Å². The number of furan rings is 1. The molecular weight excluding hydrogens is 274 g/mol. The topological polar surface area (TPSA) is 61.5 Å². The molecule has 0 amide bonds. The molecule has 3 rings (SSSR count). The molecule has 20 heavy (non-hydrogen) atoms. The summed E-state index contributed by atoms with van der Waals surface area (Å²) in [5.41, 5.74) is 0.900. The molecule has 1 fully saturated rings. The van der Waals surface area contributed by atoms with Gasteiger partial charge in [-0.3, -0.25) is 4.98 Å². The van der Waals surface area contributed by atoms with Crippen molar-refractivity contribution in [2.45, 2.75) is 12.1 Å². The zero-order chi connectivity index (χ0) is 13.9. The molecule has 0 bridgehead atoms. The Morgan fingerprint density at radius 3 is 2.90 bits per heavy atom. The van der Waals surface area contributed by atoms with Crippen LogP contribution in [0.5, 0.6) is 0 Å². The predicted octanol–water partition coefficient (Wildman–Crippen LogP) is 1.64. The molecule has 104 valence electrons. The Hall–Kier alpha value is -1.92. The van der Waals surface area contributed by atoms with Gasteiger partial charge in [0.25, 0.3) is 0 Å². The average Bonchev–Trinajstić information content (AvgIpc) is 3.09. The van der Waals surface area contributed by atoms with Crippen LogP contribution in [0.15, 0.2) is 47.2 Å². The standard InChI is InChI=1S/C14H15N3O2S/c18-8-7-17-13(11-5-3-9-19-11)12(16-14(17)20)10-4-1-2-6-15-10/h1-6,9,12-13,18H,7-8H2,(H,16,20)/t12-,13-/m1/s1. The fourth-order valence-corrected chi connectivity index (χ4v) is 2.85. The van der Waals surface area contributed by atoms with Crippen LogP contribution in [-0.4, -0.2) is 33.3 Å². The summed E-state index contributed by atoms with van der Waals surface area (Å²) in [5.74, 6) is 0.807. The first-order valence-electron chi connectivity index (χ1n) is 6.43.